The summed E-state index contributed by atoms with van der Waals surface area (Å²) >= 11 is 0. The van der Waals surface area contributed by atoms with Crippen molar-refractivity contribution in [3.63, 3.8) is 0 Å². The number of rotatable bonds is 38. The average Bonchev–Trinajstić information content (AvgIpc) is 3.53. The summed E-state index contributed by atoms with van der Waals surface area (Å²) in [7, 11) is -10.9. The Kier molecular flexibility index (Phi) is 29.9. The van der Waals surface area contributed by atoms with Crippen LogP contribution in [-0.4, -0.2) is 91.5 Å². The van der Waals surface area contributed by atoms with Crippen molar-refractivity contribution in [1.29, 1.82) is 0 Å². The maximum atomic E-state index is 12.8. The summed E-state index contributed by atoms with van der Waals surface area (Å²) in [5, 5.41) is 20.9. The Balaban J connectivity index is 1.84. The van der Waals surface area contributed by atoms with E-state index in [1.807, 2.05) is 12.2 Å². The van der Waals surface area contributed by atoms with Gasteiger partial charge in [-0.1, -0.05) is 129 Å². The molecule has 0 amide bonds. The van der Waals surface area contributed by atoms with Crippen molar-refractivity contribution in [3.05, 3.63) is 47.1 Å². The van der Waals surface area contributed by atoms with Crippen molar-refractivity contribution in [3.8, 4) is 0 Å². The smallest absolute Gasteiger partial charge is 0.462 e. The fraction of sp³-hybridized carbons (Fsp3) is 0.756. The molecule has 2 heterocycles. The zero-order valence-electron chi connectivity index (χ0n) is 39.2. The first-order valence-electron chi connectivity index (χ1n) is 23.7. The normalized spacial score (nSPS) is 19.9. The Morgan fingerprint density at radius 2 is 1.39 bits per heavy atom. The molecule has 1 aliphatic rings. The Labute approximate surface area is 390 Å². The summed E-state index contributed by atoms with van der Waals surface area (Å²) < 4.78 is 56.6. The molecular formula is C45H77N3O16P2. The zero-order chi connectivity index (χ0) is 48.8. The standard InChI is InChI=1S/C45H77N3O16P2/c1-4-5-20-26-36(49)27-22-17-13-9-7-11-15-19-24-29-41(51)62-37(32-59-40(50)28-23-18-14-10-6-8-12-16-21-25-35(2)3)33-60-65(55,56)64-66(57,58)61-34-38-42(52)43(53)44(63-38)48-31-30-39(46)47-45(48)54/h13,17,22,27,30-31,35,37-38,42-44,52-53H,4-12,14-16,18-21,23-26,28-29,32-34H2,1-3H3,(H,55,56)(H,57,58)(H2,46,47,54)/b17-13-,27-22+/t37-,38-,42-,43-,44-/m1/s1. The molecule has 1 saturated heterocycles. The monoisotopic (exact) mass is 977 g/mol. The third kappa shape index (κ3) is 27.0. The van der Waals surface area contributed by atoms with E-state index >= 15 is 0 Å². The second-order valence-electron chi connectivity index (χ2n) is 17.1. The van der Waals surface area contributed by atoms with Crippen LogP contribution in [0.4, 0.5) is 5.82 Å². The van der Waals surface area contributed by atoms with Gasteiger partial charge in [-0.3, -0.25) is 28.0 Å². The molecule has 0 aliphatic carbocycles. The van der Waals surface area contributed by atoms with Crippen LogP contribution in [0.25, 0.3) is 0 Å². The number of nitrogens with zero attached hydrogens (tertiary/aromatic N) is 2. The van der Waals surface area contributed by atoms with E-state index in [1.165, 1.54) is 38.2 Å². The van der Waals surface area contributed by atoms with Crippen LogP contribution in [0, 0.1) is 5.92 Å². The summed E-state index contributed by atoms with van der Waals surface area (Å²) in [5.74, 6) is -0.502. The molecule has 6 N–H and O–H groups in total. The van der Waals surface area contributed by atoms with Crippen molar-refractivity contribution in [1.82, 2.24) is 9.55 Å². The number of esters is 2. The molecule has 0 bridgehead atoms. The van der Waals surface area contributed by atoms with Crippen molar-refractivity contribution < 1.29 is 71.1 Å². The van der Waals surface area contributed by atoms with Gasteiger partial charge in [-0.25, -0.2) is 13.9 Å². The van der Waals surface area contributed by atoms with Gasteiger partial charge in [0, 0.05) is 25.5 Å². The van der Waals surface area contributed by atoms with Crippen LogP contribution in [0.2, 0.25) is 0 Å². The van der Waals surface area contributed by atoms with Crippen molar-refractivity contribution in [2.45, 2.75) is 193 Å². The maximum Gasteiger partial charge on any atom is 0.481 e. The maximum absolute atomic E-state index is 12.8. The second kappa shape index (κ2) is 33.4. The molecule has 0 spiro atoms. The predicted molar refractivity (Wildman–Crippen MR) is 248 cm³/mol. The first kappa shape index (κ1) is 59.0. The number of nitrogens with two attached hydrogens (primary N) is 1. The minimum absolute atomic E-state index is 0.000458. The molecule has 1 aliphatic heterocycles. The van der Waals surface area contributed by atoms with Crippen LogP contribution in [0.5, 0.6) is 0 Å². The van der Waals surface area contributed by atoms with Gasteiger partial charge < -0.3 is 39.9 Å². The predicted octanol–water partition coefficient (Wildman–Crippen LogP) is 8.09. The van der Waals surface area contributed by atoms with E-state index in [9.17, 15) is 48.3 Å². The lowest BCUT2D eigenvalue weighted by Gasteiger charge is -2.21. The summed E-state index contributed by atoms with van der Waals surface area (Å²) in [6.45, 7) is 4.21. The Morgan fingerprint density at radius 3 is 2.03 bits per heavy atom. The van der Waals surface area contributed by atoms with E-state index in [4.69, 9.17) is 29.0 Å². The summed E-state index contributed by atoms with van der Waals surface area (Å²) in [6.07, 6.45) is 19.9. The molecule has 2 rings (SSSR count). The molecule has 0 aromatic carbocycles. The van der Waals surface area contributed by atoms with Gasteiger partial charge in [-0.2, -0.15) is 9.29 Å². The highest BCUT2D eigenvalue weighted by Gasteiger charge is 2.46. The topological polar surface area (TPSA) is 283 Å². The van der Waals surface area contributed by atoms with Gasteiger partial charge in [-0.15, -0.1) is 0 Å². The number of phosphoric ester groups is 2. The quantitative estimate of drug-likeness (QED) is 0.0138. The van der Waals surface area contributed by atoms with Crippen LogP contribution in [0.1, 0.15) is 168 Å². The number of ketones is 1. The SMILES string of the molecule is CCCCCC(=O)/C=C/C=C\CCCCCCCC(=O)O[C@H](COC(=O)CCCCCCCCCCCC(C)C)COP(=O)(O)OP(=O)(O)OC[C@H]1O[C@@H](n2ccc(N)nc2=O)[C@H](O)[C@@H]1O. The van der Waals surface area contributed by atoms with E-state index in [2.05, 4.69) is 30.1 Å². The Hall–Kier alpha value is -3.09. The number of allylic oxidation sites excluding steroid dienone is 4. The van der Waals surface area contributed by atoms with E-state index in [0.29, 0.717) is 19.3 Å². The number of aliphatic hydroxyl groups is 2. The number of anilines is 1. The van der Waals surface area contributed by atoms with Gasteiger partial charge in [0.2, 0.25) is 0 Å². The largest absolute Gasteiger partial charge is 0.481 e. The molecule has 378 valence electrons. The lowest BCUT2D eigenvalue weighted by molar-refractivity contribution is -0.161. The molecule has 66 heavy (non-hydrogen) atoms. The van der Waals surface area contributed by atoms with Gasteiger partial charge in [0.1, 0.15) is 30.7 Å². The van der Waals surface area contributed by atoms with Gasteiger partial charge in [-0.05, 0) is 50.2 Å². The van der Waals surface area contributed by atoms with Crippen LogP contribution >= 0.6 is 15.6 Å². The molecule has 0 radical (unpaired) electrons. The zero-order valence-corrected chi connectivity index (χ0v) is 40.9. The Morgan fingerprint density at radius 1 is 0.803 bits per heavy atom. The number of ether oxygens (including phenoxy) is 3. The molecule has 1 fully saturated rings. The number of phosphoric acid groups is 2. The van der Waals surface area contributed by atoms with Crippen LogP contribution in [0.3, 0.4) is 0 Å². The Bertz CT molecular complexity index is 1780. The lowest BCUT2D eigenvalue weighted by atomic mass is 10.0. The number of nitrogen functional groups attached to an aromatic ring is 1. The number of aromatic nitrogens is 2. The van der Waals surface area contributed by atoms with Crippen LogP contribution in [0.15, 0.2) is 41.4 Å². The highest BCUT2D eigenvalue weighted by molar-refractivity contribution is 7.61. The van der Waals surface area contributed by atoms with E-state index in [-0.39, 0.29) is 24.4 Å². The van der Waals surface area contributed by atoms with Gasteiger partial charge in [0.25, 0.3) is 0 Å². The highest BCUT2D eigenvalue weighted by atomic mass is 31.3. The van der Waals surface area contributed by atoms with Gasteiger partial charge >= 0.3 is 33.3 Å². The molecule has 0 saturated carbocycles. The molecular weight excluding hydrogens is 900 g/mol. The number of unbranched alkanes of at least 4 members (excludes halogenated alkanes) is 15. The number of hydrogen-bond donors (Lipinski definition) is 5. The molecule has 2 unspecified atom stereocenters. The fourth-order valence-electron chi connectivity index (χ4n) is 6.95. The third-order valence-electron chi connectivity index (χ3n) is 10.7. The minimum Gasteiger partial charge on any atom is -0.462 e. The first-order chi connectivity index (χ1) is 31.4. The first-order valence-corrected chi connectivity index (χ1v) is 26.7. The minimum atomic E-state index is -5.44. The van der Waals surface area contributed by atoms with E-state index in [1.54, 1.807) is 12.2 Å². The van der Waals surface area contributed by atoms with E-state index < -0.39 is 83.7 Å². The number of carbonyl (C=O) groups is 3. The molecule has 21 heteroatoms. The summed E-state index contributed by atoms with van der Waals surface area (Å²) in [4.78, 5) is 73.5. The molecule has 1 aromatic heterocycles. The second-order valence-corrected chi connectivity index (χ2v) is 20.2. The third-order valence-corrected chi connectivity index (χ3v) is 13.3. The molecule has 1 aromatic rings. The average molecular weight is 978 g/mol. The number of carbonyl (C=O) groups excluding carboxylic acids is 3. The van der Waals surface area contributed by atoms with Crippen LogP contribution < -0.4 is 11.4 Å². The summed E-state index contributed by atoms with van der Waals surface area (Å²) in [6, 6.07) is 1.24. The fourth-order valence-corrected chi connectivity index (χ4v) is 9.06. The van der Waals surface area contributed by atoms with Gasteiger partial charge in [0.05, 0.1) is 13.2 Å². The number of hydrogen-bond acceptors (Lipinski definition) is 16. The summed E-state index contributed by atoms with van der Waals surface area (Å²) in [5.41, 5.74) is 4.57. The molecule has 19 nitrogen and oxygen atoms in total. The van der Waals surface area contributed by atoms with Crippen molar-refractivity contribution in [2.24, 2.45) is 5.92 Å². The highest BCUT2D eigenvalue weighted by Crippen LogP contribution is 2.60. The van der Waals surface area contributed by atoms with Crippen molar-refractivity contribution >= 4 is 39.2 Å². The molecule has 7 atom stereocenters. The van der Waals surface area contributed by atoms with Crippen LogP contribution in [-0.2, 0) is 51.1 Å². The van der Waals surface area contributed by atoms with Gasteiger partial charge in [0.15, 0.2) is 18.1 Å². The lowest BCUT2D eigenvalue weighted by Crippen LogP contribution is -2.36. The van der Waals surface area contributed by atoms with Crippen molar-refractivity contribution in [2.75, 3.05) is 25.6 Å². The van der Waals surface area contributed by atoms with E-state index in [0.717, 1.165) is 93.7 Å². The number of aliphatic hydroxyl groups excluding tert-OH is 2.